The number of hydrogen-bond acceptors (Lipinski definition) is 12. The number of fused-ring (bicyclic) bond motifs is 5. The van der Waals surface area contributed by atoms with E-state index in [1.807, 2.05) is 108 Å². The second kappa shape index (κ2) is 20.5. The largest absolute Gasteiger partial charge is 0.457 e. The molecule has 0 radical (unpaired) electrons. The highest BCUT2D eigenvalue weighted by atomic mass is 32.1. The Kier molecular flexibility index (Phi) is 16.1. The fourth-order valence-corrected chi connectivity index (χ4v) is 6.37. The Bertz CT molecular complexity index is 1810. The maximum absolute atomic E-state index is 13.3. The summed E-state index contributed by atoms with van der Waals surface area (Å²) in [6, 6.07) is 0. The van der Waals surface area contributed by atoms with E-state index in [9.17, 15) is 19.8 Å². The van der Waals surface area contributed by atoms with Gasteiger partial charge in [0, 0.05) is 36.2 Å². The summed E-state index contributed by atoms with van der Waals surface area (Å²) < 4.78 is 28.9. The number of ether oxygens (including phenoxy) is 4. The van der Waals surface area contributed by atoms with Crippen LogP contribution in [0.15, 0.2) is 107 Å². The van der Waals surface area contributed by atoms with Crippen molar-refractivity contribution in [3.8, 4) is 0 Å². The van der Waals surface area contributed by atoms with Gasteiger partial charge >= 0.3 is 11.9 Å². The number of aliphatic hydroxyl groups is 2. The topological polar surface area (TPSA) is 154 Å². The first-order valence-corrected chi connectivity index (χ1v) is 19.3. The van der Waals surface area contributed by atoms with Crippen LogP contribution in [0.3, 0.4) is 0 Å². The fourth-order valence-electron chi connectivity index (χ4n) is 5.68. The van der Waals surface area contributed by atoms with E-state index in [0.717, 1.165) is 0 Å². The van der Waals surface area contributed by atoms with Crippen LogP contribution in [0.2, 0.25) is 0 Å². The smallest absolute Gasteiger partial charge is 0.360 e. The molecule has 0 aliphatic carbocycles. The third-order valence-electron chi connectivity index (χ3n) is 9.64. The molecule has 12 heteroatoms. The highest BCUT2D eigenvalue weighted by Crippen LogP contribution is 2.34. The molecule has 2 N–H and O–H groups in total. The predicted molar refractivity (Wildman–Crippen MR) is 213 cm³/mol. The van der Waals surface area contributed by atoms with E-state index in [0.29, 0.717) is 23.7 Å². The summed E-state index contributed by atoms with van der Waals surface area (Å²) in [6.07, 6.45) is 27.6. The molecule has 296 valence electrons. The minimum absolute atomic E-state index is 0.0204. The number of hydrogen-bond donors (Lipinski definition) is 2. The lowest BCUT2D eigenvalue weighted by Crippen LogP contribution is -2.42. The molecule has 4 rings (SSSR count). The quantitative estimate of drug-likeness (QED) is 0.162. The zero-order valence-corrected chi connectivity index (χ0v) is 33.4. The summed E-state index contributed by atoms with van der Waals surface area (Å²) in [4.78, 5) is 35.4. The van der Waals surface area contributed by atoms with Gasteiger partial charge in [-0.15, -0.1) is 11.3 Å². The molecular weight excluding hydrogens is 721 g/mol. The number of epoxide rings is 1. The third kappa shape index (κ3) is 12.5. The molecular formula is C43H54N2O9S. The second-order valence-corrected chi connectivity index (χ2v) is 15.3. The molecule has 55 heavy (non-hydrogen) atoms. The molecule has 0 amide bonds. The van der Waals surface area contributed by atoms with Crippen molar-refractivity contribution in [3.05, 3.63) is 125 Å². The molecule has 0 aromatic carbocycles. The van der Waals surface area contributed by atoms with Gasteiger partial charge in [0.25, 0.3) is 0 Å². The first-order valence-electron chi connectivity index (χ1n) is 18.4. The number of aromatic nitrogens is 2. The zero-order chi connectivity index (χ0) is 40.0. The summed E-state index contributed by atoms with van der Waals surface area (Å²) in [6.45, 7) is 11.1. The Morgan fingerprint density at radius 3 is 2.05 bits per heavy atom. The Labute approximate surface area is 328 Å². The molecule has 4 heterocycles. The van der Waals surface area contributed by atoms with Gasteiger partial charge in [0.15, 0.2) is 17.3 Å². The first kappa shape index (κ1) is 43.3. The first-order chi connectivity index (χ1) is 26.3. The third-order valence-corrected chi connectivity index (χ3v) is 10.4. The van der Waals surface area contributed by atoms with Crippen LogP contribution < -0.4 is 0 Å². The number of esters is 2. The average molecular weight is 775 g/mol. The highest BCUT2D eigenvalue weighted by molar-refractivity contribution is 7.10. The monoisotopic (exact) mass is 774 g/mol. The number of rotatable bonds is 7. The molecule has 2 aliphatic heterocycles. The van der Waals surface area contributed by atoms with Gasteiger partial charge in [-0.3, -0.25) is 0 Å². The number of oxazole rings is 1. The Balaban J connectivity index is 1.58. The van der Waals surface area contributed by atoms with E-state index < -0.39 is 53.3 Å². The van der Waals surface area contributed by atoms with E-state index >= 15 is 0 Å². The van der Waals surface area contributed by atoms with Crippen LogP contribution in [0.25, 0.3) is 6.08 Å². The van der Waals surface area contributed by atoms with Crippen LogP contribution in [-0.4, -0.2) is 82.0 Å². The van der Waals surface area contributed by atoms with Gasteiger partial charge < -0.3 is 33.6 Å². The van der Waals surface area contributed by atoms with E-state index in [4.69, 9.17) is 23.4 Å². The molecule has 2 aromatic heterocycles. The number of methoxy groups -OCH3 is 1. The van der Waals surface area contributed by atoms with E-state index in [1.165, 1.54) is 17.6 Å². The molecule has 2 aromatic rings. The van der Waals surface area contributed by atoms with Gasteiger partial charge in [-0.05, 0) is 19.9 Å². The summed E-state index contributed by atoms with van der Waals surface area (Å²) in [5.74, 6) is -0.925. The van der Waals surface area contributed by atoms with Crippen molar-refractivity contribution in [2.75, 3.05) is 7.11 Å². The molecule has 2 aliphatic rings. The van der Waals surface area contributed by atoms with E-state index in [1.54, 1.807) is 42.9 Å². The number of carbonyl (C=O) groups excluding carboxylic acids is 2. The standard InChI is InChI=1S/C43H54N2O9S/c1-8-18-34(46)42(3,4)36-23-14-12-10-11-13-20-29(50-7)26-38-44-30(27-51-38)40(48)53-37(43(5,6)35(47)19-9-2)24-17-22-33-32(52-33)21-15-16-25-39-45-31(28-55-39)41(49)54-36/h8-22,25,27-29,32-37,46-47H,23-24,26H2,1-7H3/b11-10-,14-12-,18-8+,19-9+,20-13+,21-15+,22-17-,25-16-/t29-,32-,33+,34-,35-,36-,37-/m0/s1. The van der Waals surface area contributed by atoms with Crippen molar-refractivity contribution in [2.45, 2.75) is 104 Å². The Morgan fingerprint density at radius 1 is 0.800 bits per heavy atom. The fraction of sp³-hybridized carbons (Fsp3) is 0.442. The minimum atomic E-state index is -0.872. The van der Waals surface area contributed by atoms with Crippen molar-refractivity contribution < 1.29 is 43.2 Å². The van der Waals surface area contributed by atoms with Crippen molar-refractivity contribution in [3.63, 3.8) is 0 Å². The number of cyclic esters (lactones) is 2. The lowest BCUT2D eigenvalue weighted by Gasteiger charge is -2.36. The predicted octanol–water partition coefficient (Wildman–Crippen LogP) is 7.72. The lowest BCUT2D eigenvalue weighted by molar-refractivity contribution is -0.0461. The number of aliphatic hydroxyl groups excluding tert-OH is 2. The minimum Gasteiger partial charge on any atom is -0.457 e. The zero-order valence-electron chi connectivity index (χ0n) is 32.6. The van der Waals surface area contributed by atoms with Crippen LogP contribution in [0.5, 0.6) is 0 Å². The lowest BCUT2D eigenvalue weighted by atomic mass is 9.79. The summed E-state index contributed by atoms with van der Waals surface area (Å²) in [7, 11) is 1.57. The van der Waals surface area contributed by atoms with Crippen LogP contribution in [0.4, 0.5) is 0 Å². The number of thiazole rings is 1. The molecule has 0 unspecified atom stereocenters. The van der Waals surface area contributed by atoms with Crippen molar-refractivity contribution >= 4 is 29.4 Å². The van der Waals surface area contributed by atoms with Crippen LogP contribution in [0.1, 0.15) is 86.3 Å². The van der Waals surface area contributed by atoms with Gasteiger partial charge in [-0.2, -0.15) is 0 Å². The number of allylic oxidation sites excluding steroid dienone is 8. The van der Waals surface area contributed by atoms with Crippen molar-refractivity contribution in [2.24, 2.45) is 10.8 Å². The Hall–Kier alpha value is -4.46. The second-order valence-electron chi connectivity index (χ2n) is 14.5. The van der Waals surface area contributed by atoms with Gasteiger partial charge in [0.2, 0.25) is 0 Å². The molecule has 1 fully saturated rings. The summed E-state index contributed by atoms with van der Waals surface area (Å²) >= 11 is 1.32. The average Bonchev–Trinajstić information content (AvgIpc) is 3.47. The molecule has 7 atom stereocenters. The van der Waals surface area contributed by atoms with Crippen LogP contribution in [0, 0.1) is 10.8 Å². The van der Waals surface area contributed by atoms with E-state index in [2.05, 4.69) is 9.97 Å². The van der Waals surface area contributed by atoms with E-state index in [-0.39, 0.29) is 30.0 Å². The van der Waals surface area contributed by atoms with Crippen LogP contribution in [-0.2, 0) is 25.4 Å². The SMILES string of the molecule is C/C=C/[C@H](O)C(C)(C)[C@@H]1C/C=C\[C@H]2O[C@H]2/C=C/C=C\c2nc(cs2)C(=O)O[C@H](C(C)(C)[C@@H](O)/C=C/C)C\C=C/C=C\C=C\[C@H](OC)Cc2nc(co2)C(=O)O1. The number of nitrogens with zero attached hydrogens (tertiary/aromatic N) is 2. The maximum atomic E-state index is 13.3. The molecule has 0 saturated carbocycles. The number of carbonyl (C=O) groups is 2. The van der Waals surface area contributed by atoms with Crippen LogP contribution >= 0.6 is 11.3 Å². The molecule has 11 nitrogen and oxygen atoms in total. The molecule has 1 saturated heterocycles. The normalized spacial score (nSPS) is 28.3. The maximum Gasteiger partial charge on any atom is 0.360 e. The summed E-state index contributed by atoms with van der Waals surface area (Å²) in [5.41, 5.74) is -1.42. The van der Waals surface area contributed by atoms with Gasteiger partial charge in [-0.25, -0.2) is 19.6 Å². The van der Waals surface area contributed by atoms with Gasteiger partial charge in [0.05, 0.1) is 24.7 Å². The van der Waals surface area contributed by atoms with Gasteiger partial charge in [-0.1, -0.05) is 119 Å². The summed E-state index contributed by atoms with van der Waals surface area (Å²) in [5, 5.41) is 24.1. The Morgan fingerprint density at radius 2 is 1.40 bits per heavy atom. The molecule has 4 bridgehead atoms. The van der Waals surface area contributed by atoms with Crippen molar-refractivity contribution in [1.82, 2.24) is 9.97 Å². The van der Waals surface area contributed by atoms with Gasteiger partial charge in [0.1, 0.15) is 35.7 Å². The molecule has 0 spiro atoms. The highest BCUT2D eigenvalue weighted by Gasteiger charge is 2.40. The van der Waals surface area contributed by atoms with Crippen molar-refractivity contribution in [1.29, 1.82) is 0 Å².